The Bertz CT molecular complexity index is 68.0. The average Bonchev–Trinajstić information content (AvgIpc) is 2.03. The number of aliphatic hydroxyl groups is 2. The van der Waals surface area contributed by atoms with Crippen molar-refractivity contribution in [3.63, 3.8) is 0 Å². The van der Waals surface area contributed by atoms with E-state index >= 15 is 0 Å². The molecule has 0 atom stereocenters. The van der Waals surface area contributed by atoms with Gasteiger partial charge in [0.25, 0.3) is 0 Å². The number of carbonyl (C=O) groups is 1. The van der Waals surface area contributed by atoms with Gasteiger partial charge in [0.15, 0.2) is 0 Å². The topological polar surface area (TPSA) is 66.8 Å². The van der Waals surface area contributed by atoms with Crippen molar-refractivity contribution < 1.29 is 19.2 Å². The number of hydrogen-bond acceptors (Lipinski definition) is 5. The van der Waals surface area contributed by atoms with Gasteiger partial charge in [-0.25, -0.2) is 0 Å². The number of thiol groups is 1. The zero-order valence-corrected chi connectivity index (χ0v) is 6.67. The summed E-state index contributed by atoms with van der Waals surface area (Å²) in [5.41, 5.74) is 0. The highest BCUT2D eigenvalue weighted by atomic mass is 32.1. The van der Waals surface area contributed by atoms with Gasteiger partial charge < -0.3 is 14.4 Å². The van der Waals surface area contributed by atoms with E-state index < -0.39 is 0 Å². The quantitative estimate of drug-likeness (QED) is 0.393. The summed E-state index contributed by atoms with van der Waals surface area (Å²) in [4.78, 5) is 9.88. The maximum atomic E-state index is 9.88. The first-order valence-corrected chi connectivity index (χ1v) is 3.15. The molecular formula is C5H12O4S. The van der Waals surface area contributed by atoms with Gasteiger partial charge in [-0.3, -0.25) is 4.79 Å². The lowest BCUT2D eigenvalue weighted by molar-refractivity contribution is -0.132. The third-order valence-electron chi connectivity index (χ3n) is 0.490. The van der Waals surface area contributed by atoms with Crippen LogP contribution in [0.25, 0.3) is 0 Å². The van der Waals surface area contributed by atoms with Crippen molar-refractivity contribution in [2.75, 3.05) is 13.2 Å². The molecule has 0 heterocycles. The van der Waals surface area contributed by atoms with Crippen LogP contribution in [-0.2, 0) is 8.98 Å². The van der Waals surface area contributed by atoms with Crippen molar-refractivity contribution >= 4 is 18.9 Å². The van der Waals surface area contributed by atoms with Crippen molar-refractivity contribution in [1.29, 1.82) is 0 Å². The van der Waals surface area contributed by atoms with Crippen LogP contribution in [0.3, 0.4) is 0 Å². The second kappa shape index (κ2) is 11.5. The van der Waals surface area contributed by atoms with Gasteiger partial charge in [-0.2, -0.15) is 0 Å². The molecular weight excluding hydrogens is 156 g/mol. The van der Waals surface area contributed by atoms with Crippen molar-refractivity contribution in [2.45, 2.75) is 13.3 Å². The predicted molar refractivity (Wildman–Crippen MR) is 39.5 cm³/mol. The highest BCUT2D eigenvalue weighted by molar-refractivity contribution is 7.75. The zero-order valence-electron chi connectivity index (χ0n) is 5.78. The number of aliphatic hydroxyl groups excluding tert-OH is 2. The summed E-state index contributed by atoms with van der Waals surface area (Å²) in [6.07, 6.45) is 0.392. The number of hydrogen-bond donors (Lipinski definition) is 3. The monoisotopic (exact) mass is 168 g/mol. The Kier molecular flexibility index (Phi) is 14.3. The standard InChI is InChI=1S/C3H6O2S.C2H6O2/c1-2-3(4)5-6;3-1-2-4/h6H,2H2,1H3;3-4H,1-2H2. The lowest BCUT2D eigenvalue weighted by atomic mass is 10.5. The Hall–Kier alpha value is -0.260. The molecule has 0 saturated carbocycles. The maximum Gasteiger partial charge on any atom is 0.317 e. The van der Waals surface area contributed by atoms with Gasteiger partial charge in [0.05, 0.1) is 13.2 Å². The fraction of sp³-hybridized carbons (Fsp3) is 0.800. The maximum absolute atomic E-state index is 9.88. The molecule has 0 amide bonds. The van der Waals surface area contributed by atoms with Crippen LogP contribution in [0, 0.1) is 0 Å². The van der Waals surface area contributed by atoms with Crippen LogP contribution in [0.15, 0.2) is 0 Å². The van der Waals surface area contributed by atoms with Gasteiger partial charge in [-0.1, -0.05) is 6.92 Å². The SMILES string of the molecule is CCC(=O)OS.OCCO. The van der Waals surface area contributed by atoms with Crippen molar-refractivity contribution in [1.82, 2.24) is 0 Å². The van der Waals surface area contributed by atoms with E-state index in [0.717, 1.165) is 0 Å². The Labute approximate surface area is 65.4 Å². The smallest absolute Gasteiger partial charge is 0.317 e. The fourth-order valence-corrected chi connectivity index (χ4v) is 0.194. The van der Waals surface area contributed by atoms with E-state index in [1.165, 1.54) is 0 Å². The summed E-state index contributed by atoms with van der Waals surface area (Å²) in [5, 5.41) is 15.2. The van der Waals surface area contributed by atoms with Gasteiger partial charge in [0, 0.05) is 19.3 Å². The summed E-state index contributed by atoms with van der Waals surface area (Å²) in [5.74, 6) is -0.293. The number of rotatable bonds is 2. The van der Waals surface area contributed by atoms with Gasteiger partial charge in [0.1, 0.15) is 0 Å². The molecule has 0 unspecified atom stereocenters. The summed E-state index contributed by atoms with van der Waals surface area (Å²) >= 11 is 3.25. The van der Waals surface area contributed by atoms with Gasteiger partial charge in [0.2, 0.25) is 0 Å². The zero-order chi connectivity index (χ0) is 8.41. The van der Waals surface area contributed by atoms with Gasteiger partial charge >= 0.3 is 5.97 Å². The second-order valence-electron chi connectivity index (χ2n) is 1.26. The molecule has 0 aromatic rings. The van der Waals surface area contributed by atoms with E-state index in [0.29, 0.717) is 6.42 Å². The molecule has 2 N–H and O–H groups in total. The first-order valence-electron chi connectivity index (χ1n) is 2.78. The molecule has 0 saturated heterocycles. The first kappa shape index (κ1) is 12.4. The molecule has 0 aromatic carbocycles. The molecule has 0 spiro atoms. The van der Waals surface area contributed by atoms with Crippen LogP contribution >= 0.6 is 12.9 Å². The van der Waals surface area contributed by atoms with E-state index in [4.69, 9.17) is 10.2 Å². The summed E-state index contributed by atoms with van der Waals surface area (Å²) in [6, 6.07) is 0. The summed E-state index contributed by atoms with van der Waals surface area (Å²) in [6.45, 7) is 1.46. The molecule has 5 heteroatoms. The van der Waals surface area contributed by atoms with Crippen LogP contribution < -0.4 is 0 Å². The normalized spacial score (nSPS) is 7.60. The Morgan fingerprint density at radius 3 is 1.90 bits per heavy atom. The summed E-state index contributed by atoms with van der Waals surface area (Å²) < 4.78 is 3.95. The summed E-state index contributed by atoms with van der Waals surface area (Å²) in [7, 11) is 0. The van der Waals surface area contributed by atoms with Crippen LogP contribution in [0.2, 0.25) is 0 Å². The van der Waals surface area contributed by atoms with Crippen molar-refractivity contribution in [3.05, 3.63) is 0 Å². The minimum atomic E-state index is -0.293. The Morgan fingerprint density at radius 1 is 1.50 bits per heavy atom. The second-order valence-corrected chi connectivity index (χ2v) is 1.45. The molecule has 0 aliphatic rings. The minimum Gasteiger partial charge on any atom is -0.395 e. The third-order valence-corrected chi connectivity index (χ3v) is 0.694. The molecule has 0 radical (unpaired) electrons. The van der Waals surface area contributed by atoms with E-state index in [9.17, 15) is 4.79 Å². The molecule has 0 bridgehead atoms. The average molecular weight is 168 g/mol. The predicted octanol–water partition coefficient (Wildman–Crippen LogP) is -0.245. The van der Waals surface area contributed by atoms with Crippen molar-refractivity contribution in [2.24, 2.45) is 0 Å². The Morgan fingerprint density at radius 2 is 1.90 bits per heavy atom. The highest BCUT2D eigenvalue weighted by Gasteiger charge is 1.89. The lowest BCUT2D eigenvalue weighted by Gasteiger charge is -1.84. The van der Waals surface area contributed by atoms with E-state index in [-0.39, 0.29) is 19.2 Å². The molecule has 0 aliphatic heterocycles. The Balaban J connectivity index is 0. The molecule has 0 aromatic heterocycles. The van der Waals surface area contributed by atoms with Crippen molar-refractivity contribution in [3.8, 4) is 0 Å². The molecule has 0 rings (SSSR count). The van der Waals surface area contributed by atoms with E-state index in [2.05, 4.69) is 17.1 Å². The fourth-order valence-electron chi connectivity index (χ4n) is 0.0645. The van der Waals surface area contributed by atoms with Gasteiger partial charge in [-0.05, 0) is 0 Å². The number of carbonyl (C=O) groups excluding carboxylic acids is 1. The molecule has 10 heavy (non-hydrogen) atoms. The van der Waals surface area contributed by atoms with Crippen LogP contribution in [0.4, 0.5) is 0 Å². The molecule has 4 nitrogen and oxygen atoms in total. The first-order chi connectivity index (χ1) is 4.72. The van der Waals surface area contributed by atoms with Crippen LogP contribution in [0.5, 0.6) is 0 Å². The van der Waals surface area contributed by atoms with E-state index in [1.807, 2.05) is 0 Å². The van der Waals surface area contributed by atoms with Crippen LogP contribution in [-0.4, -0.2) is 29.4 Å². The third kappa shape index (κ3) is 15.6. The highest BCUT2D eigenvalue weighted by Crippen LogP contribution is 1.84. The molecule has 0 aliphatic carbocycles. The van der Waals surface area contributed by atoms with Gasteiger partial charge in [-0.15, -0.1) is 0 Å². The van der Waals surface area contributed by atoms with E-state index in [1.54, 1.807) is 6.92 Å². The molecule has 0 fully saturated rings. The largest absolute Gasteiger partial charge is 0.395 e. The lowest BCUT2D eigenvalue weighted by Crippen LogP contribution is -1.90. The van der Waals surface area contributed by atoms with Crippen LogP contribution in [0.1, 0.15) is 13.3 Å². The molecule has 62 valence electrons. The minimum absolute atomic E-state index is 0.125.